The molecule has 0 atom stereocenters. The number of aryl methyl sites for hydroxylation is 4. The molecule has 0 spiro atoms. The highest BCUT2D eigenvalue weighted by molar-refractivity contribution is 5.47. The van der Waals surface area contributed by atoms with E-state index in [4.69, 9.17) is 0 Å². The van der Waals surface area contributed by atoms with Crippen molar-refractivity contribution < 1.29 is 13.2 Å². The summed E-state index contributed by atoms with van der Waals surface area (Å²) in [6.07, 6.45) is -5.03. The van der Waals surface area contributed by atoms with E-state index in [-0.39, 0.29) is 0 Å². The van der Waals surface area contributed by atoms with Crippen LogP contribution in [0.4, 0.5) is 13.2 Å². The summed E-state index contributed by atoms with van der Waals surface area (Å²) in [5.41, 5.74) is 5.26. The molecule has 2 rings (SSSR count). The third-order valence-electron chi connectivity index (χ3n) is 4.22. The Hall–Kier alpha value is -1.77. The van der Waals surface area contributed by atoms with Crippen molar-refractivity contribution in [3.8, 4) is 0 Å². The first-order chi connectivity index (χ1) is 10.2. The highest BCUT2D eigenvalue weighted by Crippen LogP contribution is 2.41. The molecule has 0 radical (unpaired) electrons. The van der Waals surface area contributed by atoms with E-state index >= 15 is 0 Å². The smallest absolute Gasteiger partial charge is 0.171 e. The van der Waals surface area contributed by atoms with Gasteiger partial charge < -0.3 is 0 Å². The Morgan fingerprint density at radius 1 is 0.727 bits per heavy atom. The third kappa shape index (κ3) is 3.52. The molecule has 0 saturated heterocycles. The zero-order valence-corrected chi connectivity index (χ0v) is 13.4. The number of benzene rings is 2. The van der Waals surface area contributed by atoms with Crippen LogP contribution in [0.2, 0.25) is 0 Å². The Kier molecular flexibility index (Phi) is 4.64. The van der Waals surface area contributed by atoms with E-state index in [0.717, 1.165) is 33.4 Å². The first-order valence-electron chi connectivity index (χ1n) is 7.39. The van der Waals surface area contributed by atoms with Gasteiger partial charge in [0.2, 0.25) is 0 Å². The molecule has 0 unspecified atom stereocenters. The Bertz CT molecular complexity index is 577. The summed E-state index contributed by atoms with van der Waals surface area (Å²) in [6, 6.07) is 11.3. The second-order valence-electron chi connectivity index (χ2n) is 5.98. The fraction of sp³-hybridized carbons (Fsp3) is 0.368. The molecule has 2 aromatic rings. The molecule has 3 heteroatoms. The van der Waals surface area contributed by atoms with Gasteiger partial charge in [0.25, 0.3) is 0 Å². The standard InChI is InChI=1S/C19H21F3/c1-12-7-5-8-13(2)17(12)16(11-19(20,21)22)18-14(3)9-6-10-15(18)4/h5-10,16H,11H2,1-4H3. The van der Waals surface area contributed by atoms with Crippen molar-refractivity contribution in [3.05, 3.63) is 69.8 Å². The van der Waals surface area contributed by atoms with Crippen LogP contribution in [0.1, 0.15) is 45.7 Å². The van der Waals surface area contributed by atoms with Crippen LogP contribution in [0, 0.1) is 27.7 Å². The Labute approximate surface area is 130 Å². The summed E-state index contributed by atoms with van der Waals surface area (Å²) < 4.78 is 39.6. The quantitative estimate of drug-likeness (QED) is 0.652. The van der Waals surface area contributed by atoms with Gasteiger partial charge in [0, 0.05) is 5.92 Å². The summed E-state index contributed by atoms with van der Waals surface area (Å²) in [4.78, 5) is 0. The molecule has 0 aliphatic heterocycles. The van der Waals surface area contributed by atoms with Gasteiger partial charge in [-0.05, 0) is 61.1 Å². The van der Waals surface area contributed by atoms with Crippen LogP contribution in [0.25, 0.3) is 0 Å². The first kappa shape index (κ1) is 16.6. The second kappa shape index (κ2) is 6.15. The van der Waals surface area contributed by atoms with Gasteiger partial charge in [-0.3, -0.25) is 0 Å². The molecule has 0 nitrogen and oxygen atoms in total. The summed E-state index contributed by atoms with van der Waals surface area (Å²) in [6.45, 7) is 7.55. The molecule has 0 heterocycles. The van der Waals surface area contributed by atoms with Crippen LogP contribution in [0.3, 0.4) is 0 Å². The molecule has 0 amide bonds. The van der Waals surface area contributed by atoms with Crippen molar-refractivity contribution in [3.63, 3.8) is 0 Å². The minimum atomic E-state index is -4.20. The number of alkyl halides is 3. The maximum Gasteiger partial charge on any atom is 0.390 e. The molecule has 22 heavy (non-hydrogen) atoms. The van der Waals surface area contributed by atoms with Gasteiger partial charge in [-0.25, -0.2) is 0 Å². The average Bonchev–Trinajstić information content (AvgIpc) is 2.36. The summed E-state index contributed by atoms with van der Waals surface area (Å²) in [5.74, 6) is -0.651. The Morgan fingerprint density at radius 3 is 1.32 bits per heavy atom. The molecular weight excluding hydrogens is 285 g/mol. The van der Waals surface area contributed by atoms with Gasteiger partial charge in [-0.1, -0.05) is 36.4 Å². The van der Waals surface area contributed by atoms with E-state index in [2.05, 4.69) is 0 Å². The van der Waals surface area contributed by atoms with Gasteiger partial charge in [-0.2, -0.15) is 13.2 Å². The van der Waals surface area contributed by atoms with Crippen molar-refractivity contribution in [1.82, 2.24) is 0 Å². The van der Waals surface area contributed by atoms with Crippen LogP contribution in [0.15, 0.2) is 36.4 Å². The van der Waals surface area contributed by atoms with Crippen LogP contribution < -0.4 is 0 Å². The lowest BCUT2D eigenvalue weighted by atomic mass is 9.80. The lowest BCUT2D eigenvalue weighted by molar-refractivity contribution is -0.136. The van der Waals surface area contributed by atoms with Crippen LogP contribution in [0.5, 0.6) is 0 Å². The molecule has 0 saturated carbocycles. The van der Waals surface area contributed by atoms with E-state index < -0.39 is 18.5 Å². The largest absolute Gasteiger partial charge is 0.390 e. The Morgan fingerprint density at radius 2 is 1.05 bits per heavy atom. The van der Waals surface area contributed by atoms with Gasteiger partial charge in [-0.15, -0.1) is 0 Å². The summed E-state index contributed by atoms with van der Waals surface area (Å²) in [7, 11) is 0. The molecule has 0 bridgehead atoms. The molecule has 2 aromatic carbocycles. The number of rotatable bonds is 3. The minimum absolute atomic E-state index is 0.651. The fourth-order valence-electron chi connectivity index (χ4n) is 3.33. The topological polar surface area (TPSA) is 0 Å². The van der Waals surface area contributed by atoms with Crippen LogP contribution in [-0.2, 0) is 0 Å². The van der Waals surface area contributed by atoms with E-state index in [9.17, 15) is 13.2 Å². The molecular formula is C19H21F3. The molecule has 0 aliphatic rings. The number of halogens is 3. The van der Waals surface area contributed by atoms with Crippen molar-refractivity contribution in [2.75, 3.05) is 0 Å². The predicted molar refractivity (Wildman–Crippen MR) is 84.3 cm³/mol. The maximum atomic E-state index is 13.2. The van der Waals surface area contributed by atoms with Gasteiger partial charge >= 0.3 is 6.18 Å². The maximum absolute atomic E-state index is 13.2. The minimum Gasteiger partial charge on any atom is -0.171 e. The summed E-state index contributed by atoms with van der Waals surface area (Å²) >= 11 is 0. The molecule has 118 valence electrons. The van der Waals surface area contributed by atoms with Crippen molar-refractivity contribution in [2.24, 2.45) is 0 Å². The predicted octanol–water partition coefficient (Wildman–Crippen LogP) is 6.00. The third-order valence-corrected chi connectivity index (χ3v) is 4.22. The van der Waals surface area contributed by atoms with Crippen molar-refractivity contribution >= 4 is 0 Å². The SMILES string of the molecule is Cc1cccc(C)c1C(CC(F)(F)F)c1c(C)cccc1C. The van der Waals surface area contributed by atoms with Crippen LogP contribution >= 0.6 is 0 Å². The molecule has 0 fully saturated rings. The first-order valence-corrected chi connectivity index (χ1v) is 7.39. The van der Waals surface area contributed by atoms with E-state index in [0.29, 0.717) is 0 Å². The zero-order valence-electron chi connectivity index (χ0n) is 13.4. The number of hydrogen-bond acceptors (Lipinski definition) is 0. The Balaban J connectivity index is 2.67. The highest BCUT2D eigenvalue weighted by Gasteiger charge is 2.35. The lowest BCUT2D eigenvalue weighted by Gasteiger charge is -2.26. The van der Waals surface area contributed by atoms with Gasteiger partial charge in [0.05, 0.1) is 6.42 Å². The highest BCUT2D eigenvalue weighted by atomic mass is 19.4. The summed E-state index contributed by atoms with van der Waals surface area (Å²) in [5, 5.41) is 0. The van der Waals surface area contributed by atoms with E-state index in [1.54, 1.807) is 0 Å². The monoisotopic (exact) mass is 306 g/mol. The molecule has 0 aromatic heterocycles. The van der Waals surface area contributed by atoms with Gasteiger partial charge in [0.15, 0.2) is 0 Å². The average molecular weight is 306 g/mol. The molecule has 0 N–H and O–H groups in total. The lowest BCUT2D eigenvalue weighted by Crippen LogP contribution is -2.18. The fourth-order valence-corrected chi connectivity index (χ4v) is 3.33. The zero-order chi connectivity index (χ0) is 16.5. The second-order valence-corrected chi connectivity index (χ2v) is 5.98. The van der Waals surface area contributed by atoms with E-state index in [1.807, 2.05) is 64.1 Å². The van der Waals surface area contributed by atoms with Crippen molar-refractivity contribution in [2.45, 2.75) is 46.2 Å². The van der Waals surface area contributed by atoms with Crippen LogP contribution in [-0.4, -0.2) is 6.18 Å². The normalized spacial score (nSPS) is 12.0. The molecule has 0 aliphatic carbocycles. The van der Waals surface area contributed by atoms with Gasteiger partial charge in [0.1, 0.15) is 0 Å². The van der Waals surface area contributed by atoms with Crippen molar-refractivity contribution in [1.29, 1.82) is 0 Å². The number of hydrogen-bond donors (Lipinski definition) is 0. The van der Waals surface area contributed by atoms with E-state index in [1.165, 1.54) is 0 Å².